The maximum absolute atomic E-state index is 13.1. The van der Waals surface area contributed by atoms with Crippen molar-refractivity contribution in [3.63, 3.8) is 0 Å². The summed E-state index contributed by atoms with van der Waals surface area (Å²) >= 11 is 7.59. The van der Waals surface area contributed by atoms with E-state index in [9.17, 15) is 4.79 Å². The molecule has 4 rings (SSSR count). The number of benzene rings is 2. The fourth-order valence-corrected chi connectivity index (χ4v) is 4.00. The van der Waals surface area contributed by atoms with Gasteiger partial charge in [0, 0.05) is 10.8 Å². The van der Waals surface area contributed by atoms with Crippen molar-refractivity contribution in [3.05, 3.63) is 87.6 Å². The summed E-state index contributed by atoms with van der Waals surface area (Å²) in [6.45, 7) is 0.317. The van der Waals surface area contributed by atoms with E-state index in [1.54, 1.807) is 42.2 Å². The lowest BCUT2D eigenvalue weighted by molar-refractivity contribution is 0.414. The average Bonchev–Trinajstić information content (AvgIpc) is 3.22. The number of nitrogens with zero attached hydrogens (tertiary/aromatic N) is 2. The normalized spacial score (nSPS) is 11.1. The Labute approximate surface area is 170 Å². The van der Waals surface area contributed by atoms with Crippen LogP contribution in [-0.2, 0) is 12.3 Å². The van der Waals surface area contributed by atoms with Crippen LogP contribution in [0, 0.1) is 0 Å². The van der Waals surface area contributed by atoms with Crippen LogP contribution in [-0.4, -0.2) is 16.7 Å². The summed E-state index contributed by atoms with van der Waals surface area (Å²) in [7, 11) is 1.64. The van der Waals surface area contributed by atoms with Crippen LogP contribution in [0.5, 0.6) is 5.75 Å². The molecule has 0 amide bonds. The number of fused-ring (bicyclic) bond motifs is 1. The van der Waals surface area contributed by atoms with Gasteiger partial charge in [-0.05, 0) is 48.0 Å². The minimum absolute atomic E-state index is 0.119. The van der Waals surface area contributed by atoms with Crippen LogP contribution >= 0.6 is 23.4 Å². The Kier molecular flexibility index (Phi) is 5.41. The number of thioether (sulfide) groups is 1. The van der Waals surface area contributed by atoms with Gasteiger partial charge >= 0.3 is 0 Å². The van der Waals surface area contributed by atoms with Gasteiger partial charge in [-0.25, -0.2) is 4.98 Å². The SMILES string of the molecule is COc1cccc(CSc2nc3cc(Cl)ccc3c(=O)n2Cc2ccco2)c1. The highest BCUT2D eigenvalue weighted by Crippen LogP contribution is 2.25. The van der Waals surface area contributed by atoms with Crippen LogP contribution in [0.4, 0.5) is 0 Å². The molecule has 0 radical (unpaired) electrons. The predicted octanol–water partition coefficient (Wildman–Crippen LogP) is 4.99. The van der Waals surface area contributed by atoms with Gasteiger partial charge in [-0.15, -0.1) is 0 Å². The van der Waals surface area contributed by atoms with Crippen molar-refractivity contribution in [2.24, 2.45) is 0 Å². The first-order valence-electron chi connectivity index (χ1n) is 8.62. The van der Waals surface area contributed by atoms with E-state index >= 15 is 0 Å². The van der Waals surface area contributed by atoms with E-state index in [1.165, 1.54) is 11.8 Å². The van der Waals surface area contributed by atoms with Crippen molar-refractivity contribution >= 4 is 34.3 Å². The van der Waals surface area contributed by atoms with E-state index < -0.39 is 0 Å². The van der Waals surface area contributed by atoms with Crippen LogP contribution < -0.4 is 10.3 Å². The molecule has 2 aromatic carbocycles. The lowest BCUT2D eigenvalue weighted by Crippen LogP contribution is -2.23. The molecule has 142 valence electrons. The van der Waals surface area contributed by atoms with Crippen molar-refractivity contribution in [1.29, 1.82) is 0 Å². The van der Waals surface area contributed by atoms with Gasteiger partial charge in [0.05, 0.1) is 30.8 Å². The largest absolute Gasteiger partial charge is 0.497 e. The molecule has 0 N–H and O–H groups in total. The van der Waals surface area contributed by atoms with E-state index in [4.69, 9.17) is 25.7 Å². The molecule has 0 saturated carbocycles. The number of methoxy groups -OCH3 is 1. The molecule has 0 saturated heterocycles. The third kappa shape index (κ3) is 3.93. The fourth-order valence-electron chi connectivity index (χ4n) is 2.89. The first kappa shape index (κ1) is 18.7. The van der Waals surface area contributed by atoms with E-state index in [2.05, 4.69) is 0 Å². The Morgan fingerprint density at radius 3 is 2.86 bits per heavy atom. The van der Waals surface area contributed by atoms with E-state index in [-0.39, 0.29) is 5.56 Å². The van der Waals surface area contributed by atoms with Gasteiger partial charge in [-0.3, -0.25) is 9.36 Å². The molecule has 0 atom stereocenters. The third-order valence-corrected chi connectivity index (χ3v) is 5.56. The number of furan rings is 1. The second-order valence-corrected chi connectivity index (χ2v) is 7.55. The predicted molar refractivity (Wildman–Crippen MR) is 111 cm³/mol. The van der Waals surface area contributed by atoms with Gasteiger partial charge in [0.1, 0.15) is 11.5 Å². The lowest BCUT2D eigenvalue weighted by Gasteiger charge is -2.12. The second kappa shape index (κ2) is 8.12. The van der Waals surface area contributed by atoms with Crippen molar-refractivity contribution in [3.8, 4) is 5.75 Å². The highest BCUT2D eigenvalue weighted by atomic mass is 35.5. The van der Waals surface area contributed by atoms with Crippen molar-refractivity contribution < 1.29 is 9.15 Å². The van der Waals surface area contributed by atoms with Crippen molar-refractivity contribution in [2.45, 2.75) is 17.5 Å². The molecule has 0 aliphatic rings. The summed E-state index contributed by atoms with van der Waals surface area (Å²) < 4.78 is 12.4. The van der Waals surface area contributed by atoms with Gasteiger partial charge in [0.15, 0.2) is 5.16 Å². The van der Waals surface area contributed by atoms with Gasteiger partial charge in [-0.1, -0.05) is 35.5 Å². The van der Waals surface area contributed by atoms with E-state index in [1.807, 2.05) is 30.3 Å². The molecule has 0 aliphatic heterocycles. The molecule has 2 heterocycles. The maximum atomic E-state index is 13.1. The topological polar surface area (TPSA) is 57.3 Å². The molecule has 0 bridgehead atoms. The molecular formula is C21H17ClN2O3S. The Hall–Kier alpha value is -2.70. The summed E-state index contributed by atoms with van der Waals surface area (Å²) in [5, 5.41) is 1.69. The average molecular weight is 413 g/mol. The fraction of sp³-hybridized carbons (Fsp3) is 0.143. The first-order chi connectivity index (χ1) is 13.6. The molecule has 28 heavy (non-hydrogen) atoms. The second-order valence-electron chi connectivity index (χ2n) is 6.17. The summed E-state index contributed by atoms with van der Waals surface area (Å²) in [6, 6.07) is 16.6. The summed E-state index contributed by atoms with van der Waals surface area (Å²) in [6.07, 6.45) is 1.59. The monoisotopic (exact) mass is 412 g/mol. The molecule has 7 heteroatoms. The van der Waals surface area contributed by atoms with Crippen LogP contribution in [0.25, 0.3) is 10.9 Å². The summed E-state index contributed by atoms with van der Waals surface area (Å²) in [4.78, 5) is 17.8. The minimum atomic E-state index is -0.119. The Morgan fingerprint density at radius 1 is 1.18 bits per heavy atom. The molecule has 5 nitrogen and oxygen atoms in total. The highest BCUT2D eigenvalue weighted by Gasteiger charge is 2.14. The van der Waals surface area contributed by atoms with Gasteiger partial charge < -0.3 is 9.15 Å². The Morgan fingerprint density at radius 2 is 2.07 bits per heavy atom. The number of hydrogen-bond donors (Lipinski definition) is 0. The number of halogens is 1. The molecule has 0 unspecified atom stereocenters. The first-order valence-corrected chi connectivity index (χ1v) is 9.98. The lowest BCUT2D eigenvalue weighted by atomic mass is 10.2. The summed E-state index contributed by atoms with van der Waals surface area (Å²) in [5.74, 6) is 2.14. The molecule has 0 fully saturated rings. The van der Waals surface area contributed by atoms with Gasteiger partial charge in [0.25, 0.3) is 5.56 Å². The van der Waals surface area contributed by atoms with Crippen LogP contribution in [0.15, 0.2) is 75.2 Å². The zero-order valence-corrected chi connectivity index (χ0v) is 16.7. The van der Waals surface area contributed by atoms with Gasteiger partial charge in [0.2, 0.25) is 0 Å². The molecule has 4 aromatic rings. The number of ether oxygens (including phenoxy) is 1. The van der Waals surface area contributed by atoms with Crippen molar-refractivity contribution in [2.75, 3.05) is 7.11 Å². The van der Waals surface area contributed by atoms with Crippen LogP contribution in [0.2, 0.25) is 5.02 Å². The summed E-state index contributed by atoms with van der Waals surface area (Å²) in [5.41, 5.74) is 1.54. The number of hydrogen-bond acceptors (Lipinski definition) is 5. The van der Waals surface area contributed by atoms with Gasteiger partial charge in [-0.2, -0.15) is 0 Å². The van der Waals surface area contributed by atoms with E-state index in [0.717, 1.165) is 11.3 Å². The Balaban J connectivity index is 1.74. The van der Waals surface area contributed by atoms with E-state index in [0.29, 0.717) is 39.1 Å². The number of aromatic nitrogens is 2. The zero-order valence-electron chi connectivity index (χ0n) is 15.1. The van der Waals surface area contributed by atoms with Crippen molar-refractivity contribution in [1.82, 2.24) is 9.55 Å². The van der Waals surface area contributed by atoms with Crippen LogP contribution in [0.1, 0.15) is 11.3 Å². The quantitative estimate of drug-likeness (QED) is 0.330. The molecular weight excluding hydrogens is 396 g/mol. The standard InChI is InChI=1S/C21H17ClN2O3S/c1-26-16-5-2-4-14(10-16)13-28-21-23-19-11-15(22)7-8-18(19)20(25)24(21)12-17-6-3-9-27-17/h2-11H,12-13H2,1H3. The van der Waals surface area contributed by atoms with Crippen LogP contribution in [0.3, 0.4) is 0 Å². The maximum Gasteiger partial charge on any atom is 0.262 e. The molecule has 0 spiro atoms. The molecule has 2 aromatic heterocycles. The highest BCUT2D eigenvalue weighted by molar-refractivity contribution is 7.98. The Bertz CT molecular complexity index is 1170. The third-order valence-electron chi connectivity index (χ3n) is 4.28. The zero-order chi connectivity index (χ0) is 19.5. The number of rotatable bonds is 6. The molecule has 0 aliphatic carbocycles. The minimum Gasteiger partial charge on any atom is -0.497 e. The smallest absolute Gasteiger partial charge is 0.262 e.